The number of hydrogen-bond donors (Lipinski definition) is 1. The minimum atomic E-state index is -0.439. The summed E-state index contributed by atoms with van der Waals surface area (Å²) < 4.78 is 15.1. The normalized spacial score (nSPS) is 25.7. The van der Waals surface area contributed by atoms with Gasteiger partial charge in [0, 0.05) is 14.2 Å². The number of aliphatic hydroxyl groups is 1. The van der Waals surface area contributed by atoms with Gasteiger partial charge in [-0.3, -0.25) is 0 Å². The Balaban J connectivity index is 2.42. The fourth-order valence-electron chi connectivity index (χ4n) is 1.57. The van der Waals surface area contributed by atoms with E-state index >= 15 is 0 Å². The fraction of sp³-hybridized carbons (Fsp3) is 0.889. The van der Waals surface area contributed by atoms with Crippen LogP contribution in [0.2, 0.25) is 0 Å². The van der Waals surface area contributed by atoms with Crippen LogP contribution in [0.1, 0.15) is 0 Å². The lowest BCUT2D eigenvalue weighted by molar-refractivity contribution is -0.00461. The Morgan fingerprint density at radius 3 is 2.27 bits per heavy atom. The average molecular weight is 219 g/mol. The quantitative estimate of drug-likeness (QED) is 0.687. The molecule has 2 atom stereocenters. The molecule has 0 aromatic rings. The Morgan fingerprint density at radius 2 is 1.87 bits per heavy atom. The van der Waals surface area contributed by atoms with Crippen molar-refractivity contribution in [2.75, 3.05) is 40.5 Å². The van der Waals surface area contributed by atoms with Crippen LogP contribution in [0.3, 0.4) is 0 Å². The predicted octanol–water partition coefficient (Wildman–Crippen LogP) is -0.539. The van der Waals surface area contributed by atoms with Gasteiger partial charge in [0.1, 0.15) is 18.8 Å². The zero-order valence-electron chi connectivity index (χ0n) is 9.01. The first-order valence-electron chi connectivity index (χ1n) is 4.81. The second kappa shape index (κ2) is 5.89. The molecule has 6 heteroatoms. The number of carbonyl (C=O) groups excluding carboxylic acids is 1. The molecular weight excluding hydrogens is 202 g/mol. The van der Waals surface area contributed by atoms with E-state index in [2.05, 4.69) is 0 Å². The van der Waals surface area contributed by atoms with Crippen molar-refractivity contribution < 1.29 is 24.1 Å². The Hall–Kier alpha value is -0.850. The third-order valence-electron chi connectivity index (χ3n) is 2.40. The molecular formula is C9H17NO5. The third-order valence-corrected chi connectivity index (χ3v) is 2.40. The maximum Gasteiger partial charge on any atom is 0.410 e. The molecule has 1 heterocycles. The molecule has 1 N–H and O–H groups in total. The van der Waals surface area contributed by atoms with Gasteiger partial charge in [0.25, 0.3) is 0 Å². The summed E-state index contributed by atoms with van der Waals surface area (Å²) in [5.41, 5.74) is 0. The SMILES string of the molecule is COC1CN(C(=O)OCCO)CC1OC. The second-order valence-electron chi connectivity index (χ2n) is 3.29. The smallest absolute Gasteiger partial charge is 0.410 e. The Bertz CT molecular complexity index is 199. The van der Waals surface area contributed by atoms with Crippen molar-refractivity contribution in [3.05, 3.63) is 0 Å². The Kier molecular flexibility index (Phi) is 4.80. The van der Waals surface area contributed by atoms with Crippen LogP contribution in [-0.4, -0.2) is 68.8 Å². The molecule has 1 saturated heterocycles. The lowest BCUT2D eigenvalue weighted by atomic mass is 10.3. The first kappa shape index (κ1) is 12.2. The van der Waals surface area contributed by atoms with E-state index in [-0.39, 0.29) is 25.4 Å². The van der Waals surface area contributed by atoms with Gasteiger partial charge in [-0.05, 0) is 0 Å². The van der Waals surface area contributed by atoms with Gasteiger partial charge in [-0.25, -0.2) is 4.79 Å². The maximum atomic E-state index is 11.4. The second-order valence-corrected chi connectivity index (χ2v) is 3.29. The van der Waals surface area contributed by atoms with E-state index in [1.54, 1.807) is 14.2 Å². The van der Waals surface area contributed by atoms with Crippen LogP contribution < -0.4 is 0 Å². The van der Waals surface area contributed by atoms with Crippen molar-refractivity contribution in [2.45, 2.75) is 12.2 Å². The fourth-order valence-corrected chi connectivity index (χ4v) is 1.57. The Labute approximate surface area is 88.7 Å². The molecule has 0 saturated carbocycles. The minimum Gasteiger partial charge on any atom is -0.447 e. The molecule has 15 heavy (non-hydrogen) atoms. The summed E-state index contributed by atoms with van der Waals surface area (Å²) in [7, 11) is 3.17. The number of carbonyl (C=O) groups is 1. The number of nitrogens with zero attached hydrogens (tertiary/aromatic N) is 1. The summed E-state index contributed by atoms with van der Waals surface area (Å²) in [5.74, 6) is 0. The predicted molar refractivity (Wildman–Crippen MR) is 51.6 cm³/mol. The lowest BCUT2D eigenvalue weighted by Crippen LogP contribution is -2.31. The van der Waals surface area contributed by atoms with Gasteiger partial charge in [0.15, 0.2) is 0 Å². The molecule has 0 aromatic heterocycles. The maximum absolute atomic E-state index is 11.4. The van der Waals surface area contributed by atoms with Gasteiger partial charge >= 0.3 is 6.09 Å². The van der Waals surface area contributed by atoms with E-state index in [0.29, 0.717) is 13.1 Å². The van der Waals surface area contributed by atoms with Crippen LogP contribution in [0.15, 0.2) is 0 Å². The van der Waals surface area contributed by atoms with Crippen molar-refractivity contribution in [1.29, 1.82) is 0 Å². The molecule has 1 rings (SSSR count). The van der Waals surface area contributed by atoms with Gasteiger partial charge in [-0.2, -0.15) is 0 Å². The van der Waals surface area contributed by atoms with E-state index in [4.69, 9.17) is 19.3 Å². The topological polar surface area (TPSA) is 68.2 Å². The molecule has 1 fully saturated rings. The first-order chi connectivity index (χ1) is 7.22. The van der Waals surface area contributed by atoms with E-state index in [1.807, 2.05) is 0 Å². The molecule has 1 aliphatic heterocycles. The summed E-state index contributed by atoms with van der Waals surface area (Å²) in [6.07, 6.45) is -0.668. The molecule has 88 valence electrons. The highest BCUT2D eigenvalue weighted by molar-refractivity contribution is 5.68. The number of amides is 1. The number of aliphatic hydroxyl groups excluding tert-OH is 1. The zero-order chi connectivity index (χ0) is 11.3. The van der Waals surface area contributed by atoms with Crippen LogP contribution in [0.4, 0.5) is 4.79 Å². The van der Waals surface area contributed by atoms with Crippen molar-refractivity contribution in [3.63, 3.8) is 0 Å². The van der Waals surface area contributed by atoms with Gasteiger partial charge in [0.2, 0.25) is 0 Å². The van der Waals surface area contributed by atoms with E-state index in [0.717, 1.165) is 0 Å². The highest BCUT2D eigenvalue weighted by Crippen LogP contribution is 2.16. The largest absolute Gasteiger partial charge is 0.447 e. The molecule has 2 unspecified atom stereocenters. The molecule has 1 amide bonds. The number of methoxy groups -OCH3 is 2. The molecule has 6 nitrogen and oxygen atoms in total. The molecule has 0 aromatic carbocycles. The van der Waals surface area contributed by atoms with E-state index in [9.17, 15) is 4.79 Å². The van der Waals surface area contributed by atoms with Crippen molar-refractivity contribution in [1.82, 2.24) is 4.90 Å². The van der Waals surface area contributed by atoms with Crippen LogP contribution in [0.5, 0.6) is 0 Å². The minimum absolute atomic E-state index is 0.0185. The van der Waals surface area contributed by atoms with Crippen LogP contribution in [0, 0.1) is 0 Å². The first-order valence-corrected chi connectivity index (χ1v) is 4.81. The van der Waals surface area contributed by atoms with Gasteiger partial charge in [-0.1, -0.05) is 0 Å². The summed E-state index contributed by atoms with van der Waals surface area (Å²) in [4.78, 5) is 12.9. The van der Waals surface area contributed by atoms with Crippen molar-refractivity contribution in [2.24, 2.45) is 0 Å². The summed E-state index contributed by atoms with van der Waals surface area (Å²) in [5, 5.41) is 8.51. The monoisotopic (exact) mass is 219 g/mol. The van der Waals surface area contributed by atoms with Gasteiger partial charge in [0.05, 0.1) is 19.7 Å². The number of hydrogen-bond acceptors (Lipinski definition) is 5. The standard InChI is InChI=1S/C9H17NO5/c1-13-7-5-10(6-8(7)14-2)9(12)15-4-3-11/h7-8,11H,3-6H2,1-2H3. The molecule has 0 radical (unpaired) electrons. The highest BCUT2D eigenvalue weighted by atomic mass is 16.6. The van der Waals surface area contributed by atoms with E-state index < -0.39 is 6.09 Å². The van der Waals surface area contributed by atoms with Gasteiger partial charge in [-0.15, -0.1) is 0 Å². The van der Waals surface area contributed by atoms with Crippen LogP contribution in [-0.2, 0) is 14.2 Å². The Morgan fingerprint density at radius 1 is 1.33 bits per heavy atom. The number of rotatable bonds is 4. The van der Waals surface area contributed by atoms with Crippen LogP contribution >= 0.6 is 0 Å². The van der Waals surface area contributed by atoms with E-state index in [1.165, 1.54) is 4.90 Å². The zero-order valence-corrected chi connectivity index (χ0v) is 9.01. The molecule has 0 bridgehead atoms. The summed E-state index contributed by atoms with van der Waals surface area (Å²) in [6, 6.07) is 0. The molecule has 0 aliphatic carbocycles. The molecule has 1 aliphatic rings. The molecule has 0 spiro atoms. The van der Waals surface area contributed by atoms with Crippen molar-refractivity contribution >= 4 is 6.09 Å². The number of ether oxygens (including phenoxy) is 3. The van der Waals surface area contributed by atoms with Gasteiger partial charge < -0.3 is 24.2 Å². The third kappa shape index (κ3) is 3.05. The van der Waals surface area contributed by atoms with Crippen LogP contribution in [0.25, 0.3) is 0 Å². The average Bonchev–Trinajstić information content (AvgIpc) is 2.68. The number of likely N-dealkylation sites (tertiary alicyclic amines) is 1. The summed E-state index contributed by atoms with van der Waals surface area (Å²) >= 11 is 0. The lowest BCUT2D eigenvalue weighted by Gasteiger charge is -2.14. The summed E-state index contributed by atoms with van der Waals surface area (Å²) in [6.45, 7) is 0.768. The highest BCUT2D eigenvalue weighted by Gasteiger charge is 2.36. The van der Waals surface area contributed by atoms with Crippen molar-refractivity contribution in [3.8, 4) is 0 Å².